The van der Waals surface area contributed by atoms with Gasteiger partial charge in [0.15, 0.2) is 0 Å². The van der Waals surface area contributed by atoms with Gasteiger partial charge in [-0.1, -0.05) is 12.8 Å². The number of furan rings is 1. The molecule has 1 fully saturated rings. The van der Waals surface area contributed by atoms with E-state index in [1.807, 2.05) is 6.07 Å². The van der Waals surface area contributed by atoms with E-state index in [0.29, 0.717) is 5.92 Å². The first-order chi connectivity index (χ1) is 9.18. The van der Waals surface area contributed by atoms with Gasteiger partial charge in [-0.25, -0.2) is 0 Å². The van der Waals surface area contributed by atoms with E-state index in [0.717, 1.165) is 31.6 Å². The van der Waals surface area contributed by atoms with Crippen LogP contribution in [0.3, 0.4) is 0 Å². The minimum absolute atomic E-state index is 0.0570. The Bertz CT molecular complexity index is 375. The van der Waals surface area contributed by atoms with E-state index in [1.165, 1.54) is 24.8 Å². The molecule has 3 unspecified atom stereocenters. The summed E-state index contributed by atoms with van der Waals surface area (Å²) < 4.78 is 5.49. The van der Waals surface area contributed by atoms with Crippen molar-refractivity contribution in [2.45, 2.75) is 64.5 Å². The lowest BCUT2D eigenvalue weighted by Gasteiger charge is -2.27. The van der Waals surface area contributed by atoms with Gasteiger partial charge in [0.2, 0.25) is 0 Å². The summed E-state index contributed by atoms with van der Waals surface area (Å²) in [6.07, 6.45) is 8.65. The lowest BCUT2D eigenvalue weighted by molar-refractivity contribution is 0.0642. The van der Waals surface area contributed by atoms with Gasteiger partial charge < -0.3 is 14.8 Å². The zero-order valence-corrected chi connectivity index (χ0v) is 12.2. The van der Waals surface area contributed by atoms with Crippen molar-refractivity contribution in [3.63, 3.8) is 0 Å². The molecule has 1 aromatic heterocycles. The summed E-state index contributed by atoms with van der Waals surface area (Å²) in [6, 6.07) is 2.28. The third-order valence-corrected chi connectivity index (χ3v) is 4.37. The van der Waals surface area contributed by atoms with E-state index in [-0.39, 0.29) is 12.1 Å². The smallest absolute Gasteiger partial charge is 0.123 e. The highest BCUT2D eigenvalue weighted by molar-refractivity contribution is 5.17. The topological polar surface area (TPSA) is 45.4 Å². The second kappa shape index (κ2) is 7.11. The summed E-state index contributed by atoms with van der Waals surface area (Å²) in [7, 11) is 0. The predicted molar refractivity (Wildman–Crippen MR) is 77.1 cm³/mol. The largest absolute Gasteiger partial charge is 0.467 e. The second-order valence-corrected chi connectivity index (χ2v) is 5.90. The Balaban J connectivity index is 1.65. The Morgan fingerprint density at radius 2 is 2.21 bits per heavy atom. The van der Waals surface area contributed by atoms with Crippen LogP contribution in [0.15, 0.2) is 16.7 Å². The first-order valence-corrected chi connectivity index (χ1v) is 7.64. The van der Waals surface area contributed by atoms with Crippen molar-refractivity contribution in [2.24, 2.45) is 5.92 Å². The molecule has 0 saturated heterocycles. The number of rotatable bonds is 6. The molecule has 3 heteroatoms. The summed E-state index contributed by atoms with van der Waals surface area (Å²) in [6.45, 7) is 5.21. The average molecular weight is 265 g/mol. The number of aryl methyl sites for hydroxylation is 1. The van der Waals surface area contributed by atoms with Gasteiger partial charge in [0.25, 0.3) is 0 Å². The maximum atomic E-state index is 9.93. The van der Waals surface area contributed by atoms with Crippen molar-refractivity contribution in [1.82, 2.24) is 5.32 Å². The highest BCUT2D eigenvalue weighted by atomic mass is 16.3. The molecule has 0 aromatic carbocycles. The van der Waals surface area contributed by atoms with Crippen LogP contribution in [0.1, 0.15) is 62.8 Å². The van der Waals surface area contributed by atoms with Crippen LogP contribution in [0.2, 0.25) is 0 Å². The van der Waals surface area contributed by atoms with Crippen LogP contribution in [0.25, 0.3) is 0 Å². The molecule has 1 aromatic rings. The SMILES string of the molecule is Cc1ccoc1C(C)NCCCC1CCCCC1O. The quantitative estimate of drug-likeness (QED) is 0.773. The van der Waals surface area contributed by atoms with E-state index < -0.39 is 0 Å². The van der Waals surface area contributed by atoms with Crippen LogP contribution in [-0.4, -0.2) is 17.8 Å². The molecule has 1 aliphatic rings. The van der Waals surface area contributed by atoms with Gasteiger partial charge in [0, 0.05) is 0 Å². The standard InChI is InChI=1S/C16H27NO2/c1-12-9-11-19-16(12)13(2)17-10-5-7-14-6-3-4-8-15(14)18/h9,11,13-15,17-18H,3-8,10H2,1-2H3. The third-order valence-electron chi connectivity index (χ3n) is 4.37. The number of aliphatic hydroxyl groups excluding tert-OH is 1. The molecule has 1 aliphatic carbocycles. The Morgan fingerprint density at radius 1 is 1.42 bits per heavy atom. The Hall–Kier alpha value is -0.800. The fourth-order valence-electron chi connectivity index (χ4n) is 3.13. The first kappa shape index (κ1) is 14.6. The van der Waals surface area contributed by atoms with Gasteiger partial charge in [-0.3, -0.25) is 0 Å². The molecular formula is C16H27NO2. The number of hydrogen-bond donors (Lipinski definition) is 2. The minimum atomic E-state index is -0.0570. The van der Waals surface area contributed by atoms with E-state index in [1.54, 1.807) is 6.26 Å². The van der Waals surface area contributed by atoms with Crippen molar-refractivity contribution < 1.29 is 9.52 Å². The van der Waals surface area contributed by atoms with Gasteiger partial charge in [0.05, 0.1) is 18.4 Å². The summed E-state index contributed by atoms with van der Waals surface area (Å²) >= 11 is 0. The number of aliphatic hydroxyl groups is 1. The van der Waals surface area contributed by atoms with Crippen LogP contribution >= 0.6 is 0 Å². The Kier molecular flexibility index (Phi) is 5.46. The van der Waals surface area contributed by atoms with Crippen LogP contribution in [-0.2, 0) is 0 Å². The fraction of sp³-hybridized carbons (Fsp3) is 0.750. The predicted octanol–water partition coefficient (Wildman–Crippen LogP) is 3.57. The second-order valence-electron chi connectivity index (χ2n) is 5.90. The highest BCUT2D eigenvalue weighted by Crippen LogP contribution is 2.27. The van der Waals surface area contributed by atoms with Gasteiger partial charge in [0.1, 0.15) is 5.76 Å². The molecule has 1 heterocycles. The van der Waals surface area contributed by atoms with Crippen LogP contribution in [0.4, 0.5) is 0 Å². The van der Waals surface area contributed by atoms with Crippen molar-refractivity contribution in [1.29, 1.82) is 0 Å². The van der Waals surface area contributed by atoms with Crippen molar-refractivity contribution in [2.75, 3.05) is 6.54 Å². The van der Waals surface area contributed by atoms with Crippen LogP contribution in [0.5, 0.6) is 0 Å². The van der Waals surface area contributed by atoms with Gasteiger partial charge >= 0.3 is 0 Å². The zero-order chi connectivity index (χ0) is 13.7. The van der Waals surface area contributed by atoms with Crippen molar-refractivity contribution in [3.8, 4) is 0 Å². The molecule has 0 aliphatic heterocycles. The van der Waals surface area contributed by atoms with Crippen LogP contribution in [0, 0.1) is 12.8 Å². The summed E-state index contributed by atoms with van der Waals surface area (Å²) in [5.74, 6) is 1.56. The zero-order valence-electron chi connectivity index (χ0n) is 12.2. The average Bonchev–Trinajstić information content (AvgIpc) is 2.82. The van der Waals surface area contributed by atoms with Gasteiger partial charge in [-0.15, -0.1) is 0 Å². The maximum absolute atomic E-state index is 9.93. The van der Waals surface area contributed by atoms with E-state index in [2.05, 4.69) is 19.2 Å². The molecule has 0 bridgehead atoms. The molecule has 0 amide bonds. The van der Waals surface area contributed by atoms with Crippen LogP contribution < -0.4 is 5.32 Å². The number of nitrogens with one attached hydrogen (secondary N) is 1. The molecule has 1 saturated carbocycles. The molecule has 108 valence electrons. The molecule has 0 spiro atoms. The first-order valence-electron chi connectivity index (χ1n) is 7.64. The Labute approximate surface area is 116 Å². The lowest BCUT2D eigenvalue weighted by atomic mass is 9.83. The van der Waals surface area contributed by atoms with Gasteiger partial charge in [-0.2, -0.15) is 0 Å². The summed E-state index contributed by atoms with van der Waals surface area (Å²) in [4.78, 5) is 0. The minimum Gasteiger partial charge on any atom is -0.467 e. The normalized spacial score (nSPS) is 25.4. The molecule has 3 atom stereocenters. The molecule has 19 heavy (non-hydrogen) atoms. The summed E-state index contributed by atoms with van der Waals surface area (Å²) in [5, 5.41) is 13.4. The van der Waals surface area contributed by atoms with Crippen molar-refractivity contribution >= 4 is 0 Å². The van der Waals surface area contributed by atoms with Crippen molar-refractivity contribution in [3.05, 3.63) is 23.7 Å². The molecule has 2 N–H and O–H groups in total. The lowest BCUT2D eigenvalue weighted by Crippen LogP contribution is -2.26. The molecule has 0 radical (unpaired) electrons. The highest BCUT2D eigenvalue weighted by Gasteiger charge is 2.22. The molecule has 3 nitrogen and oxygen atoms in total. The Morgan fingerprint density at radius 3 is 2.89 bits per heavy atom. The van der Waals surface area contributed by atoms with E-state index in [4.69, 9.17) is 4.42 Å². The molecular weight excluding hydrogens is 238 g/mol. The molecule has 2 rings (SSSR count). The van der Waals surface area contributed by atoms with Gasteiger partial charge in [-0.05, 0) is 63.6 Å². The van der Waals surface area contributed by atoms with E-state index in [9.17, 15) is 5.11 Å². The maximum Gasteiger partial charge on any atom is 0.123 e. The monoisotopic (exact) mass is 265 g/mol. The third kappa shape index (κ3) is 4.08. The summed E-state index contributed by atoms with van der Waals surface area (Å²) in [5.41, 5.74) is 1.21. The fourth-order valence-corrected chi connectivity index (χ4v) is 3.13. The number of hydrogen-bond acceptors (Lipinski definition) is 3. The van der Waals surface area contributed by atoms with E-state index >= 15 is 0 Å².